The van der Waals surface area contributed by atoms with Crippen molar-refractivity contribution in [2.24, 2.45) is 0 Å². The molecule has 15 rings (SSSR count). The first-order valence-corrected chi connectivity index (χ1v) is 35.0. The molecule has 1 aromatic heterocycles. The summed E-state index contributed by atoms with van der Waals surface area (Å²) in [5, 5.41) is 1.82. The van der Waals surface area contributed by atoms with Crippen molar-refractivity contribution in [2.75, 3.05) is 24.5 Å². The highest BCUT2D eigenvalue weighted by atomic mass is 19.3. The van der Waals surface area contributed by atoms with Gasteiger partial charge in [-0.15, -0.1) is 0 Å². The number of halogens is 12. The van der Waals surface area contributed by atoms with Gasteiger partial charge in [-0.1, -0.05) is 109 Å². The minimum Gasteiger partial charge on any atom is -0.428 e. The second-order valence-electron chi connectivity index (χ2n) is 25.0. The molecular formula is C92H60F12N6O4. The molecule has 22 heteroatoms. The average Bonchev–Trinajstić information content (AvgIpc) is 1.64. The summed E-state index contributed by atoms with van der Waals surface area (Å²) in [7, 11) is 0. The van der Waals surface area contributed by atoms with Crippen LogP contribution in [-0.4, -0.2) is 4.57 Å². The second kappa shape index (κ2) is 34.8. The molecule has 0 bridgehead atoms. The Balaban J connectivity index is 0.000000189. The summed E-state index contributed by atoms with van der Waals surface area (Å²) >= 11 is 0. The zero-order valence-corrected chi connectivity index (χ0v) is 59.5. The van der Waals surface area contributed by atoms with E-state index >= 15 is 0 Å². The number of hydrogen-bond acceptors (Lipinski definition) is 9. The molecule has 0 atom stereocenters. The smallest absolute Gasteiger partial charge is 0.344 e. The maximum absolute atomic E-state index is 13.6. The van der Waals surface area contributed by atoms with Gasteiger partial charge < -0.3 is 48.0 Å². The van der Waals surface area contributed by atoms with Gasteiger partial charge in [-0.2, -0.15) is 52.7 Å². The van der Waals surface area contributed by atoms with Gasteiger partial charge in [-0.05, 0) is 255 Å². The number of ether oxygens (including phenoxy) is 4. The third-order valence-electron chi connectivity index (χ3n) is 17.9. The average molecular weight is 1540 g/mol. The topological polar surface area (TPSA) is 58.1 Å². The van der Waals surface area contributed by atoms with Crippen LogP contribution in [0.4, 0.5) is 138 Å². The molecule has 114 heavy (non-hydrogen) atoms. The third kappa shape index (κ3) is 17.4. The number of rotatable bonds is 24. The Labute approximate surface area is 645 Å². The highest BCUT2D eigenvalue weighted by Crippen LogP contribution is 2.46. The predicted octanol–water partition coefficient (Wildman–Crippen LogP) is 29.5. The van der Waals surface area contributed by atoms with Crippen LogP contribution in [0.3, 0.4) is 0 Å². The minimum absolute atomic E-state index is 0.0753. The van der Waals surface area contributed by atoms with Gasteiger partial charge >= 0.3 is 48.4 Å². The fourth-order valence-corrected chi connectivity index (χ4v) is 13.0. The molecule has 0 radical (unpaired) electrons. The molecule has 15 aromatic rings. The summed E-state index contributed by atoms with van der Waals surface area (Å²) in [4.78, 5) is 10.0. The van der Waals surface area contributed by atoms with Gasteiger partial charge in [0.15, 0.2) is 0 Å². The zero-order valence-electron chi connectivity index (χ0n) is 59.5. The lowest BCUT2D eigenvalue weighted by Crippen LogP contribution is -2.13. The standard InChI is InChI=1S/C46H29F6N3O2.C46H31F6N3O2/c47-43(48)45(51)56-37-22-16-33(17-23-37)53(30-10-4-1-5-11-30)35-20-26-41-39(28-35)40-29-36(21-27-42(40)55(41)32-14-8-3-9-15-32)54(31-12-6-2-7-13-31)34-18-24-38(25-19-34)57-46(52)44(49)50;47-43(48)45(51)56-41-28-24-39(25-29-41)54(33-12-6-2-7-13-33)37-20-16-35(17-21-37)53(32-10-4-1-5-11-32)36-18-22-38(23-19-36)55(34-14-8-3-9-15-34)40-26-30-42(31-27-40)57-46(52)44(49)50/h1-29H;1-31H. The van der Waals surface area contributed by atoms with E-state index in [9.17, 15) is 52.7 Å². The largest absolute Gasteiger partial charge is 0.428 e. The molecule has 0 spiro atoms. The number of aromatic nitrogens is 1. The summed E-state index contributed by atoms with van der Waals surface area (Å²) in [5.74, 6) is -0.329. The number of nitrogens with zero attached hydrogens (tertiary/aromatic N) is 6. The molecule has 0 saturated heterocycles. The first kappa shape index (κ1) is 76.0. The monoisotopic (exact) mass is 1540 g/mol. The number of benzene rings is 14. The van der Waals surface area contributed by atoms with Crippen LogP contribution in [0.25, 0.3) is 27.5 Å². The van der Waals surface area contributed by atoms with E-state index < -0.39 is 48.4 Å². The number of anilines is 15. The van der Waals surface area contributed by atoms with Crippen LogP contribution in [0.2, 0.25) is 0 Å². The molecule has 0 saturated carbocycles. The number of fused-ring (bicyclic) bond motifs is 3. The van der Waals surface area contributed by atoms with Gasteiger partial charge in [0, 0.05) is 102 Å². The quantitative estimate of drug-likeness (QED) is 0.0435. The Morgan fingerprint density at radius 1 is 0.184 bits per heavy atom. The van der Waals surface area contributed by atoms with E-state index in [1.807, 2.05) is 274 Å². The van der Waals surface area contributed by atoms with Crippen LogP contribution in [0.1, 0.15) is 0 Å². The molecule has 566 valence electrons. The van der Waals surface area contributed by atoms with E-state index in [0.29, 0.717) is 22.7 Å². The summed E-state index contributed by atoms with van der Waals surface area (Å²) in [6.45, 7) is 0. The van der Waals surface area contributed by atoms with E-state index in [1.54, 1.807) is 48.5 Å². The Hall–Kier alpha value is -14.8. The molecule has 0 aliphatic rings. The van der Waals surface area contributed by atoms with Crippen LogP contribution < -0.4 is 43.4 Å². The van der Waals surface area contributed by atoms with E-state index in [2.05, 4.69) is 40.5 Å². The first-order chi connectivity index (χ1) is 55.5. The van der Waals surface area contributed by atoms with E-state index in [4.69, 9.17) is 0 Å². The van der Waals surface area contributed by atoms with Crippen LogP contribution in [0, 0.1) is 0 Å². The Morgan fingerprint density at radius 3 is 0.553 bits per heavy atom. The lowest BCUT2D eigenvalue weighted by Gasteiger charge is -2.29. The van der Waals surface area contributed by atoms with Gasteiger partial charge in [-0.25, -0.2) is 0 Å². The molecule has 0 aliphatic carbocycles. The van der Waals surface area contributed by atoms with E-state index in [1.165, 1.54) is 48.5 Å². The third-order valence-corrected chi connectivity index (χ3v) is 17.9. The Kier molecular flexibility index (Phi) is 23.2. The van der Waals surface area contributed by atoms with Crippen LogP contribution in [-0.2, 0) is 0 Å². The summed E-state index contributed by atoms with van der Waals surface area (Å²) < 4.78 is 177. The van der Waals surface area contributed by atoms with Gasteiger partial charge in [0.1, 0.15) is 23.0 Å². The lowest BCUT2D eigenvalue weighted by molar-refractivity contribution is 0.241. The fraction of sp³-hybridized carbons (Fsp3) is 0. The molecule has 0 amide bonds. The van der Waals surface area contributed by atoms with Crippen LogP contribution in [0.5, 0.6) is 23.0 Å². The molecule has 0 fully saturated rings. The van der Waals surface area contributed by atoms with Gasteiger partial charge in [-0.3, -0.25) is 0 Å². The number of hydrogen-bond donors (Lipinski definition) is 0. The van der Waals surface area contributed by atoms with Crippen molar-refractivity contribution >= 4 is 107 Å². The van der Waals surface area contributed by atoms with Crippen molar-refractivity contribution in [1.82, 2.24) is 4.57 Å². The van der Waals surface area contributed by atoms with E-state index in [-0.39, 0.29) is 23.0 Å². The molecule has 0 N–H and O–H groups in total. The Morgan fingerprint density at radius 2 is 0.351 bits per heavy atom. The maximum atomic E-state index is 13.6. The van der Waals surface area contributed by atoms with Crippen molar-refractivity contribution in [3.63, 3.8) is 0 Å². The molecular weight excluding hydrogens is 1480 g/mol. The van der Waals surface area contributed by atoms with Crippen molar-refractivity contribution in [2.45, 2.75) is 0 Å². The molecule has 1 heterocycles. The zero-order chi connectivity index (χ0) is 79.2. The van der Waals surface area contributed by atoms with Crippen molar-refractivity contribution in [1.29, 1.82) is 0 Å². The molecule has 10 nitrogen and oxygen atoms in total. The highest BCUT2D eigenvalue weighted by Gasteiger charge is 2.24. The van der Waals surface area contributed by atoms with Crippen LogP contribution in [0.15, 0.2) is 412 Å². The SMILES string of the molecule is FC(F)=C(F)Oc1ccc(N(c2ccccc2)c2ccc(N(c3ccccc3)c3ccc(N(c4ccccc4)c4ccc(OC(F)=C(F)F)cc4)cc3)cc2)cc1.FC(F)=C(F)Oc1ccc(N(c2ccccc2)c2ccc3c(c2)c2cc(N(c4ccccc4)c4ccc(OC(F)=C(F)F)cc4)ccc2n3-c2ccccc2)cc1. The van der Waals surface area contributed by atoms with Crippen molar-refractivity contribution in [3.05, 3.63) is 412 Å². The summed E-state index contributed by atoms with van der Waals surface area (Å²) in [5.41, 5.74) is 14.5. The summed E-state index contributed by atoms with van der Waals surface area (Å²) in [6, 6.07) is 103. The normalized spacial score (nSPS) is 10.8. The minimum atomic E-state index is -2.55. The molecule has 0 unspecified atom stereocenters. The maximum Gasteiger partial charge on any atom is 0.344 e. The second-order valence-corrected chi connectivity index (χ2v) is 25.0. The highest BCUT2D eigenvalue weighted by molar-refractivity contribution is 6.12. The Bertz CT molecular complexity index is 5580. The fourth-order valence-electron chi connectivity index (χ4n) is 13.0. The van der Waals surface area contributed by atoms with E-state index in [0.717, 1.165) is 90.1 Å². The van der Waals surface area contributed by atoms with Crippen molar-refractivity contribution < 1.29 is 71.6 Å². The van der Waals surface area contributed by atoms with Gasteiger partial charge in [0.25, 0.3) is 0 Å². The molecule has 0 aliphatic heterocycles. The lowest BCUT2D eigenvalue weighted by atomic mass is 10.1. The first-order valence-electron chi connectivity index (χ1n) is 35.0. The van der Waals surface area contributed by atoms with Gasteiger partial charge in [0.05, 0.1) is 11.0 Å². The summed E-state index contributed by atoms with van der Waals surface area (Å²) in [6.07, 6.45) is -10.2. The van der Waals surface area contributed by atoms with Crippen LogP contribution >= 0.6 is 0 Å². The predicted molar refractivity (Wildman–Crippen MR) is 425 cm³/mol. The number of para-hydroxylation sites is 6. The molecule has 14 aromatic carbocycles. The van der Waals surface area contributed by atoms with Gasteiger partial charge in [0.2, 0.25) is 0 Å². The van der Waals surface area contributed by atoms with Crippen molar-refractivity contribution in [3.8, 4) is 28.7 Å².